The molecule has 0 radical (unpaired) electrons. The van der Waals surface area contributed by atoms with E-state index in [0.717, 1.165) is 0 Å². The van der Waals surface area contributed by atoms with Crippen molar-refractivity contribution >= 4 is 26.7 Å². The average Bonchev–Trinajstić information content (AvgIpc) is 1.79. The van der Waals surface area contributed by atoms with Crippen molar-refractivity contribution in [3.05, 3.63) is 10.9 Å². The van der Waals surface area contributed by atoms with Crippen LogP contribution in [0.4, 0.5) is 0 Å². The largest absolute Gasteiger partial charge is 0.429 e. The summed E-state index contributed by atoms with van der Waals surface area (Å²) in [7, 11) is -1.18. The molecule has 0 aliphatic rings. The van der Waals surface area contributed by atoms with E-state index in [1.807, 2.05) is 0 Å². The summed E-state index contributed by atoms with van der Waals surface area (Å²) >= 11 is 0. The van der Waals surface area contributed by atoms with Crippen LogP contribution < -0.4 is 0 Å². The van der Waals surface area contributed by atoms with E-state index in [0.29, 0.717) is 0 Å². The van der Waals surface area contributed by atoms with Crippen molar-refractivity contribution < 1.29 is 0 Å². The van der Waals surface area contributed by atoms with Crippen LogP contribution in [-0.4, -0.2) is 30.9 Å². The van der Waals surface area contributed by atoms with E-state index >= 15 is 0 Å². The zero-order chi connectivity index (χ0) is 11.7. The molecule has 14 heavy (non-hydrogen) atoms. The lowest BCUT2D eigenvalue weighted by Crippen LogP contribution is -2.58. The maximum absolute atomic E-state index is 2.81. The Bertz CT molecular complexity index is 215. The summed E-state index contributed by atoms with van der Waals surface area (Å²) in [6.07, 6.45) is 0. The van der Waals surface area contributed by atoms with Crippen molar-refractivity contribution in [3.63, 3.8) is 0 Å². The first-order valence-electron chi connectivity index (χ1n) is 5.42. The quantitative estimate of drug-likeness (QED) is 0.691. The van der Waals surface area contributed by atoms with Crippen LogP contribution in [-0.2, 0) is 0 Å². The first-order chi connectivity index (χ1) is 5.98. The van der Waals surface area contributed by atoms with E-state index in [9.17, 15) is 0 Å². The van der Waals surface area contributed by atoms with Gasteiger partial charge in [0.1, 0.15) is 16.5 Å². The first-order valence-corrected chi connectivity index (χ1v) is 13.3. The van der Waals surface area contributed by atoms with Gasteiger partial charge in [0.25, 0.3) is 0 Å². The second kappa shape index (κ2) is 4.37. The Kier molecular flexibility index (Phi) is 4.42. The van der Waals surface area contributed by atoms with Crippen LogP contribution in [0.25, 0.3) is 0 Å². The van der Waals surface area contributed by atoms with Crippen LogP contribution in [0.5, 0.6) is 0 Å². The molecule has 0 N–H and O–H groups in total. The maximum atomic E-state index is 2.81. The van der Waals surface area contributed by atoms with Gasteiger partial charge in [0.15, 0.2) is 0 Å². The monoisotopic (exact) mass is 245 g/mol. The molecular weight excluding hydrogens is 218 g/mol. The van der Waals surface area contributed by atoms with Crippen LogP contribution in [0.2, 0.25) is 39.3 Å². The molecule has 0 aromatic carbocycles. The van der Waals surface area contributed by atoms with Crippen LogP contribution in [0.15, 0.2) is 10.9 Å². The molecule has 0 unspecified atom stereocenters. The van der Waals surface area contributed by atoms with E-state index < -0.39 is 16.5 Å². The predicted molar refractivity (Wildman–Crippen MR) is 76.8 cm³/mol. The second-order valence-corrected chi connectivity index (χ2v) is 17.8. The topological polar surface area (TPSA) is 3.24 Å². The lowest BCUT2D eigenvalue weighted by Gasteiger charge is -2.47. The number of allylic oxidation sites excluding steroid dienone is 2. The van der Waals surface area contributed by atoms with Crippen LogP contribution >= 0.6 is 0 Å². The van der Waals surface area contributed by atoms with Crippen molar-refractivity contribution in [2.75, 3.05) is 0 Å². The Morgan fingerprint density at radius 2 is 1.14 bits per heavy atom. The molecule has 0 saturated carbocycles. The van der Waals surface area contributed by atoms with Gasteiger partial charge >= 0.3 is 0 Å². The van der Waals surface area contributed by atoms with Gasteiger partial charge in [-0.25, -0.2) is 0 Å². The highest BCUT2D eigenvalue weighted by Crippen LogP contribution is 2.25. The summed E-state index contributed by atoms with van der Waals surface area (Å²) in [5, 5.41) is 1.61. The first kappa shape index (κ1) is 14.2. The van der Waals surface area contributed by atoms with Gasteiger partial charge in [-0.15, -0.1) is 0 Å². The van der Waals surface area contributed by atoms with Crippen molar-refractivity contribution in [3.8, 4) is 0 Å². The van der Waals surface area contributed by atoms with E-state index in [1.165, 1.54) is 10.2 Å². The van der Waals surface area contributed by atoms with Gasteiger partial charge in [-0.2, -0.15) is 0 Å². The fourth-order valence-electron chi connectivity index (χ4n) is 2.24. The molecule has 1 nitrogen and oxygen atoms in total. The summed E-state index contributed by atoms with van der Waals surface area (Å²) in [6.45, 7) is 19.4. The van der Waals surface area contributed by atoms with Crippen LogP contribution in [0.3, 0.4) is 0 Å². The van der Waals surface area contributed by atoms with Crippen molar-refractivity contribution in [1.82, 2.24) is 4.23 Å². The lowest BCUT2D eigenvalue weighted by molar-refractivity contribution is 0.749. The molecule has 0 atom stereocenters. The highest BCUT2D eigenvalue weighted by Gasteiger charge is 2.34. The molecule has 0 heterocycles. The minimum Gasteiger partial charge on any atom is -0.429 e. The van der Waals surface area contributed by atoms with Gasteiger partial charge in [-0.3, -0.25) is 0 Å². The van der Waals surface area contributed by atoms with Gasteiger partial charge in [0.05, 0.1) is 0 Å². The Labute approximate surface area is 95.2 Å². The normalized spacial score (nSPS) is 15.4. The third-order valence-corrected chi connectivity index (χ3v) is 10.5. The fourth-order valence-corrected chi connectivity index (χ4v) is 13.4. The number of hydrogen-bond acceptors (Lipinski definition) is 1. The number of nitrogens with zero attached hydrogens (tertiary/aromatic N) is 1. The minimum absolute atomic E-state index is 1.19. The summed E-state index contributed by atoms with van der Waals surface area (Å²) in [4.78, 5) is 0. The molecule has 0 saturated heterocycles. The maximum Gasteiger partial charge on any atom is 0.138 e. The van der Waals surface area contributed by atoms with Gasteiger partial charge in [-0.1, -0.05) is 44.5 Å². The Morgan fingerprint density at radius 1 is 0.857 bits per heavy atom. The summed E-state index contributed by atoms with van der Waals surface area (Å²) in [5.41, 5.74) is 1.58. The molecule has 84 valence electrons. The van der Waals surface area contributed by atoms with E-state index in [4.69, 9.17) is 0 Å². The molecule has 4 heteroatoms. The predicted octanol–water partition coefficient (Wildman–Crippen LogP) is 2.58. The second-order valence-electron chi connectivity index (χ2n) is 6.26. The van der Waals surface area contributed by atoms with Crippen molar-refractivity contribution in [2.45, 2.75) is 53.1 Å². The zero-order valence-corrected chi connectivity index (χ0v) is 15.4. The van der Waals surface area contributed by atoms with Gasteiger partial charge in [0, 0.05) is 10.2 Å². The third kappa shape index (κ3) is 3.74. The van der Waals surface area contributed by atoms with Crippen LogP contribution in [0, 0.1) is 0 Å². The van der Waals surface area contributed by atoms with E-state index in [2.05, 4.69) is 57.4 Å². The van der Waals surface area contributed by atoms with Gasteiger partial charge < -0.3 is 4.23 Å². The molecule has 0 aliphatic heterocycles. The molecule has 0 bridgehead atoms. The van der Waals surface area contributed by atoms with E-state index in [1.54, 1.807) is 10.9 Å². The van der Waals surface area contributed by atoms with Gasteiger partial charge in [0.2, 0.25) is 0 Å². The number of rotatable bonds is 3. The molecule has 0 spiro atoms. The molecule has 0 aromatic rings. The molecule has 0 amide bonds. The molecular formula is C10H27NSi3. The molecule has 0 rings (SSSR count). The Hall–Kier alpha value is 0.191. The Balaban J connectivity index is 5.27. The molecule has 0 fully saturated rings. The minimum atomic E-state index is -1.19. The lowest BCUT2D eigenvalue weighted by atomic mass is 10.5. The highest BCUT2D eigenvalue weighted by molar-refractivity contribution is 6.90. The highest BCUT2D eigenvalue weighted by atomic mass is 28.4. The van der Waals surface area contributed by atoms with Crippen molar-refractivity contribution in [1.29, 1.82) is 0 Å². The SMILES string of the molecule is CC([SiH3])=C(C)N([Si](C)(C)C)[Si](C)(C)C. The van der Waals surface area contributed by atoms with Gasteiger partial charge in [-0.05, 0) is 19.5 Å². The third-order valence-electron chi connectivity index (χ3n) is 2.40. The summed E-state index contributed by atoms with van der Waals surface area (Å²) in [6, 6.07) is 0. The van der Waals surface area contributed by atoms with Crippen molar-refractivity contribution in [2.24, 2.45) is 0 Å². The fraction of sp³-hybridized carbons (Fsp3) is 0.800. The summed E-state index contributed by atoms with van der Waals surface area (Å²) < 4.78 is 2.81. The van der Waals surface area contributed by atoms with Crippen LogP contribution in [0.1, 0.15) is 13.8 Å². The molecule has 0 aromatic heterocycles. The standard InChI is InChI=1S/C10H27NSi3/c1-9(10(2)12)11(13(3,4)5)14(6,7)8/h1-8,12H3. The average molecular weight is 246 g/mol. The Morgan fingerprint density at radius 3 is 1.21 bits per heavy atom. The summed E-state index contributed by atoms with van der Waals surface area (Å²) in [5.74, 6) is 0. The molecule has 0 aliphatic carbocycles. The smallest absolute Gasteiger partial charge is 0.138 e. The zero-order valence-electron chi connectivity index (χ0n) is 11.4. The van der Waals surface area contributed by atoms with E-state index in [-0.39, 0.29) is 0 Å². The number of hydrogen-bond donors (Lipinski definition) is 0.